The molecule has 3 N–H and O–H groups in total. The van der Waals surface area contributed by atoms with Crippen LogP contribution in [0.2, 0.25) is 5.22 Å². The Morgan fingerprint density at radius 2 is 2.50 bits per heavy atom. The summed E-state index contributed by atoms with van der Waals surface area (Å²) in [5.41, 5.74) is 3.63. The zero-order valence-corrected chi connectivity index (χ0v) is 7.77. The minimum Gasteiger partial charge on any atom is -0.453 e. The first-order chi connectivity index (χ1) is 5.79. The standard InChI is InChI=1S/C8H13ClN2O/c1-2-3-7(11-10)6-4-5-12-8(6)9/h4-5,7,11H,2-3,10H2,1H3. The van der Waals surface area contributed by atoms with E-state index in [9.17, 15) is 0 Å². The SMILES string of the molecule is CCCC(NN)c1ccoc1Cl. The summed E-state index contributed by atoms with van der Waals surface area (Å²) in [6.07, 6.45) is 3.57. The second-order valence-electron chi connectivity index (χ2n) is 2.66. The molecule has 0 amide bonds. The third-order valence-electron chi connectivity index (χ3n) is 1.80. The molecular formula is C8H13ClN2O. The summed E-state index contributed by atoms with van der Waals surface area (Å²) in [6, 6.07) is 1.93. The van der Waals surface area contributed by atoms with Crippen LogP contribution in [0.5, 0.6) is 0 Å². The van der Waals surface area contributed by atoms with Gasteiger partial charge in [-0.1, -0.05) is 13.3 Å². The summed E-state index contributed by atoms with van der Waals surface area (Å²) in [5, 5.41) is 0.423. The molecule has 1 atom stereocenters. The van der Waals surface area contributed by atoms with Crippen molar-refractivity contribution in [2.24, 2.45) is 5.84 Å². The van der Waals surface area contributed by atoms with Crippen LogP contribution in [0.4, 0.5) is 0 Å². The molecule has 1 unspecified atom stereocenters. The number of furan rings is 1. The molecule has 0 saturated carbocycles. The van der Waals surface area contributed by atoms with Gasteiger partial charge in [-0.3, -0.25) is 11.3 Å². The fraction of sp³-hybridized carbons (Fsp3) is 0.500. The number of nitrogens with two attached hydrogens (primary N) is 1. The number of hydrogen-bond donors (Lipinski definition) is 2. The summed E-state index contributed by atoms with van der Waals surface area (Å²) >= 11 is 5.79. The van der Waals surface area contributed by atoms with Crippen molar-refractivity contribution in [1.29, 1.82) is 0 Å². The first kappa shape index (κ1) is 9.58. The number of rotatable bonds is 4. The second kappa shape index (κ2) is 4.50. The molecule has 0 aliphatic rings. The highest BCUT2D eigenvalue weighted by Crippen LogP contribution is 2.26. The van der Waals surface area contributed by atoms with Crippen LogP contribution >= 0.6 is 11.6 Å². The summed E-state index contributed by atoms with van der Waals surface area (Å²) in [5.74, 6) is 5.37. The Bertz CT molecular complexity index is 237. The fourth-order valence-corrected chi connectivity index (χ4v) is 1.42. The highest BCUT2D eigenvalue weighted by atomic mass is 35.5. The summed E-state index contributed by atoms with van der Waals surface area (Å²) < 4.78 is 4.96. The van der Waals surface area contributed by atoms with Gasteiger partial charge in [0, 0.05) is 5.56 Å². The number of halogens is 1. The van der Waals surface area contributed by atoms with E-state index in [4.69, 9.17) is 21.9 Å². The minimum absolute atomic E-state index is 0.0984. The molecule has 0 aromatic carbocycles. The van der Waals surface area contributed by atoms with Crippen LogP contribution in [0.1, 0.15) is 31.4 Å². The molecule has 0 radical (unpaired) electrons. The minimum atomic E-state index is 0.0984. The Kier molecular flexibility index (Phi) is 3.59. The van der Waals surface area contributed by atoms with Gasteiger partial charge in [-0.2, -0.15) is 0 Å². The number of nitrogens with one attached hydrogen (secondary N) is 1. The lowest BCUT2D eigenvalue weighted by atomic mass is 10.1. The van der Waals surface area contributed by atoms with Gasteiger partial charge in [-0.05, 0) is 24.1 Å². The Hall–Kier alpha value is -0.510. The van der Waals surface area contributed by atoms with E-state index >= 15 is 0 Å². The van der Waals surface area contributed by atoms with E-state index < -0.39 is 0 Å². The lowest BCUT2D eigenvalue weighted by molar-refractivity contribution is 0.497. The van der Waals surface area contributed by atoms with Gasteiger partial charge < -0.3 is 4.42 Å². The topological polar surface area (TPSA) is 51.2 Å². The summed E-state index contributed by atoms with van der Waals surface area (Å²) in [7, 11) is 0. The van der Waals surface area contributed by atoms with Gasteiger partial charge >= 0.3 is 0 Å². The monoisotopic (exact) mass is 188 g/mol. The van der Waals surface area contributed by atoms with Gasteiger partial charge in [0.05, 0.1) is 12.3 Å². The normalized spacial score (nSPS) is 13.2. The largest absolute Gasteiger partial charge is 0.453 e. The van der Waals surface area contributed by atoms with Gasteiger partial charge in [-0.15, -0.1) is 0 Å². The summed E-state index contributed by atoms with van der Waals surface area (Å²) in [6.45, 7) is 2.10. The first-order valence-electron chi connectivity index (χ1n) is 3.98. The van der Waals surface area contributed by atoms with Crippen molar-refractivity contribution in [3.8, 4) is 0 Å². The number of hydrogen-bond acceptors (Lipinski definition) is 3. The van der Waals surface area contributed by atoms with Gasteiger partial charge in [0.25, 0.3) is 0 Å². The molecular weight excluding hydrogens is 176 g/mol. The van der Waals surface area contributed by atoms with Gasteiger partial charge in [0.2, 0.25) is 0 Å². The van der Waals surface area contributed by atoms with Gasteiger partial charge in [-0.25, -0.2) is 0 Å². The Morgan fingerprint density at radius 3 is 2.92 bits per heavy atom. The van der Waals surface area contributed by atoms with Crippen molar-refractivity contribution in [2.45, 2.75) is 25.8 Å². The maximum absolute atomic E-state index is 5.79. The van der Waals surface area contributed by atoms with Crippen molar-refractivity contribution < 1.29 is 4.42 Å². The van der Waals surface area contributed by atoms with Crippen molar-refractivity contribution in [3.63, 3.8) is 0 Å². The van der Waals surface area contributed by atoms with E-state index in [1.165, 1.54) is 0 Å². The van der Waals surface area contributed by atoms with Crippen LogP contribution in [0.3, 0.4) is 0 Å². The second-order valence-corrected chi connectivity index (χ2v) is 3.00. The molecule has 4 heteroatoms. The third kappa shape index (κ3) is 2.00. The van der Waals surface area contributed by atoms with E-state index in [2.05, 4.69) is 12.3 Å². The zero-order valence-electron chi connectivity index (χ0n) is 7.01. The molecule has 0 spiro atoms. The predicted molar refractivity (Wildman–Crippen MR) is 48.7 cm³/mol. The van der Waals surface area contributed by atoms with Crippen LogP contribution in [-0.2, 0) is 0 Å². The zero-order chi connectivity index (χ0) is 8.97. The lowest BCUT2D eigenvalue weighted by Crippen LogP contribution is -2.27. The van der Waals surface area contributed by atoms with Crippen LogP contribution in [0, 0.1) is 0 Å². The van der Waals surface area contributed by atoms with Crippen molar-refractivity contribution >= 4 is 11.6 Å². The van der Waals surface area contributed by atoms with Gasteiger partial charge in [0.15, 0.2) is 5.22 Å². The molecule has 0 fully saturated rings. The highest BCUT2D eigenvalue weighted by molar-refractivity contribution is 6.29. The predicted octanol–water partition coefficient (Wildman–Crippen LogP) is 2.24. The Morgan fingerprint density at radius 1 is 1.75 bits per heavy atom. The van der Waals surface area contributed by atoms with E-state index in [1.54, 1.807) is 6.26 Å². The molecule has 1 heterocycles. The average Bonchev–Trinajstić information content (AvgIpc) is 2.47. The maximum Gasteiger partial charge on any atom is 0.197 e. The molecule has 0 bridgehead atoms. The van der Waals surface area contributed by atoms with Crippen LogP contribution < -0.4 is 11.3 Å². The van der Waals surface area contributed by atoms with E-state index in [1.807, 2.05) is 6.07 Å². The van der Waals surface area contributed by atoms with Crippen LogP contribution in [-0.4, -0.2) is 0 Å². The maximum atomic E-state index is 5.79. The molecule has 68 valence electrons. The average molecular weight is 189 g/mol. The van der Waals surface area contributed by atoms with Crippen molar-refractivity contribution in [2.75, 3.05) is 0 Å². The molecule has 0 aliphatic carbocycles. The molecule has 1 aromatic rings. The third-order valence-corrected chi connectivity index (χ3v) is 2.11. The molecule has 1 aromatic heterocycles. The van der Waals surface area contributed by atoms with E-state index in [0.29, 0.717) is 5.22 Å². The highest BCUT2D eigenvalue weighted by Gasteiger charge is 2.13. The molecule has 3 nitrogen and oxygen atoms in total. The molecule has 12 heavy (non-hydrogen) atoms. The quantitative estimate of drug-likeness (QED) is 0.563. The van der Waals surface area contributed by atoms with Crippen LogP contribution in [0.15, 0.2) is 16.7 Å². The fourth-order valence-electron chi connectivity index (χ4n) is 1.17. The van der Waals surface area contributed by atoms with E-state index in [-0.39, 0.29) is 6.04 Å². The Balaban J connectivity index is 2.72. The summed E-state index contributed by atoms with van der Waals surface area (Å²) in [4.78, 5) is 0. The molecule has 0 aliphatic heterocycles. The number of hydrazine groups is 1. The lowest BCUT2D eigenvalue weighted by Gasteiger charge is -2.12. The molecule has 1 rings (SSSR count). The first-order valence-corrected chi connectivity index (χ1v) is 4.36. The van der Waals surface area contributed by atoms with Gasteiger partial charge in [0.1, 0.15) is 0 Å². The van der Waals surface area contributed by atoms with Crippen molar-refractivity contribution in [3.05, 3.63) is 23.1 Å². The van der Waals surface area contributed by atoms with Crippen molar-refractivity contribution in [1.82, 2.24) is 5.43 Å². The Labute approximate surface area is 76.8 Å². The van der Waals surface area contributed by atoms with Crippen LogP contribution in [0.25, 0.3) is 0 Å². The van der Waals surface area contributed by atoms with E-state index in [0.717, 1.165) is 18.4 Å². The smallest absolute Gasteiger partial charge is 0.197 e. The molecule has 0 saturated heterocycles.